The summed E-state index contributed by atoms with van der Waals surface area (Å²) in [7, 11) is 0. The first kappa shape index (κ1) is 19.8. The second-order valence-electron chi connectivity index (χ2n) is 7.25. The van der Waals surface area contributed by atoms with Crippen molar-refractivity contribution in [3.63, 3.8) is 0 Å². The van der Waals surface area contributed by atoms with Crippen LogP contribution in [0.3, 0.4) is 0 Å². The summed E-state index contributed by atoms with van der Waals surface area (Å²) in [6.45, 7) is 3.94. The number of ketones is 1. The lowest BCUT2D eigenvalue weighted by Crippen LogP contribution is -2.33. The average molecular weight is 405 g/mol. The molecule has 0 fully saturated rings. The van der Waals surface area contributed by atoms with Crippen molar-refractivity contribution in [2.45, 2.75) is 33.1 Å². The molecule has 30 heavy (non-hydrogen) atoms. The van der Waals surface area contributed by atoms with Crippen LogP contribution in [0.4, 0.5) is 0 Å². The molecule has 0 saturated heterocycles. The average Bonchev–Trinajstić information content (AvgIpc) is 3.21. The second-order valence-corrected chi connectivity index (χ2v) is 7.25. The van der Waals surface area contributed by atoms with Gasteiger partial charge < -0.3 is 9.15 Å². The lowest BCUT2D eigenvalue weighted by molar-refractivity contribution is -0.122. The first-order chi connectivity index (χ1) is 14.6. The highest BCUT2D eigenvalue weighted by Gasteiger charge is 2.24. The van der Waals surface area contributed by atoms with Crippen LogP contribution >= 0.6 is 0 Å². The molecular weight excluding hydrogens is 382 g/mol. The monoisotopic (exact) mass is 405 g/mol. The number of carbonyl (C=O) groups is 2. The van der Waals surface area contributed by atoms with Crippen molar-refractivity contribution in [2.24, 2.45) is 11.0 Å². The Hall–Kier alpha value is -3.48. The van der Waals surface area contributed by atoms with E-state index in [9.17, 15) is 9.59 Å². The summed E-state index contributed by atoms with van der Waals surface area (Å²) in [5, 5.41) is 4.27. The van der Waals surface area contributed by atoms with Gasteiger partial charge in [-0.15, -0.1) is 0 Å². The van der Waals surface area contributed by atoms with Crippen molar-refractivity contribution in [2.75, 3.05) is 6.61 Å². The van der Waals surface area contributed by atoms with Gasteiger partial charge in [-0.05, 0) is 42.8 Å². The predicted octanol–water partition coefficient (Wildman–Crippen LogP) is 4.10. The number of aromatic nitrogens is 1. The third-order valence-electron chi connectivity index (χ3n) is 5.19. The molecule has 7 nitrogen and oxygen atoms in total. The van der Waals surface area contributed by atoms with E-state index in [2.05, 4.69) is 22.4 Å². The first-order valence-electron chi connectivity index (χ1n) is 10.1. The van der Waals surface area contributed by atoms with E-state index >= 15 is 0 Å². The van der Waals surface area contributed by atoms with Gasteiger partial charge in [0, 0.05) is 29.9 Å². The maximum atomic E-state index is 11.6. The zero-order chi connectivity index (χ0) is 21.1. The smallest absolute Gasteiger partial charge is 0.240 e. The number of rotatable bonds is 7. The van der Waals surface area contributed by atoms with Gasteiger partial charge in [-0.3, -0.25) is 9.59 Å². The molecule has 1 unspecified atom stereocenters. The molecule has 0 spiro atoms. The number of hydrazone groups is 1. The lowest BCUT2D eigenvalue weighted by atomic mass is 9.90. The number of fused-ring (bicyclic) bond motifs is 1. The number of oxazole rings is 1. The fourth-order valence-corrected chi connectivity index (χ4v) is 3.38. The number of nitrogens with one attached hydrogen (secondary N) is 1. The summed E-state index contributed by atoms with van der Waals surface area (Å²) in [6.07, 6.45) is 1.73. The fourth-order valence-electron chi connectivity index (χ4n) is 3.38. The van der Waals surface area contributed by atoms with Crippen LogP contribution in [-0.4, -0.2) is 29.0 Å². The van der Waals surface area contributed by atoms with E-state index in [1.165, 1.54) is 0 Å². The molecule has 3 aromatic rings. The standard InChI is InChI=1S/C23H23N3O4/c1-3-14-12-21(28)25-26-22(14)16-7-10-19-20(11-16)30-23(24-19)15-5-8-18(9-6-15)29-13-17(27)4-2/h5-11,14H,3-4,12-13H2,1-2H3,(H,25,28). The number of nitrogens with zero attached hydrogens (tertiary/aromatic N) is 2. The van der Waals surface area contributed by atoms with E-state index in [1.54, 1.807) is 12.1 Å². The highest BCUT2D eigenvalue weighted by molar-refractivity contribution is 6.07. The van der Waals surface area contributed by atoms with E-state index in [-0.39, 0.29) is 24.2 Å². The van der Waals surface area contributed by atoms with Crippen molar-refractivity contribution in [3.05, 3.63) is 48.0 Å². The summed E-state index contributed by atoms with van der Waals surface area (Å²) >= 11 is 0. The SMILES string of the molecule is CCC(=O)COc1ccc(-c2nc3ccc(C4=NNC(=O)CC4CC)cc3o2)cc1. The second kappa shape index (κ2) is 8.49. The zero-order valence-electron chi connectivity index (χ0n) is 17.0. The Balaban J connectivity index is 1.57. The molecule has 0 radical (unpaired) electrons. The van der Waals surface area contributed by atoms with Crippen molar-refractivity contribution < 1.29 is 18.7 Å². The van der Waals surface area contributed by atoms with Crippen LogP contribution in [0.15, 0.2) is 52.0 Å². The molecule has 0 saturated carbocycles. The van der Waals surface area contributed by atoms with E-state index in [0.717, 1.165) is 28.8 Å². The first-order valence-corrected chi connectivity index (χ1v) is 10.1. The fraction of sp³-hybridized carbons (Fsp3) is 0.304. The number of hydrogen-bond donors (Lipinski definition) is 1. The lowest BCUT2D eigenvalue weighted by Gasteiger charge is -2.21. The van der Waals surface area contributed by atoms with Gasteiger partial charge in [0.05, 0.1) is 5.71 Å². The highest BCUT2D eigenvalue weighted by Crippen LogP contribution is 2.28. The summed E-state index contributed by atoms with van der Waals surface area (Å²) < 4.78 is 11.5. The van der Waals surface area contributed by atoms with Gasteiger partial charge in [0.25, 0.3) is 0 Å². The quantitative estimate of drug-likeness (QED) is 0.639. The van der Waals surface area contributed by atoms with Crippen molar-refractivity contribution in [1.29, 1.82) is 0 Å². The Labute approximate surface area is 174 Å². The molecule has 1 aromatic heterocycles. The largest absolute Gasteiger partial charge is 0.486 e. The summed E-state index contributed by atoms with van der Waals surface area (Å²) in [4.78, 5) is 27.6. The Morgan fingerprint density at radius 3 is 2.67 bits per heavy atom. The van der Waals surface area contributed by atoms with E-state index in [1.807, 2.05) is 37.3 Å². The van der Waals surface area contributed by atoms with Crippen LogP contribution in [-0.2, 0) is 9.59 Å². The summed E-state index contributed by atoms with van der Waals surface area (Å²) in [6, 6.07) is 13.1. The van der Waals surface area contributed by atoms with Crippen molar-refractivity contribution >= 4 is 28.5 Å². The topological polar surface area (TPSA) is 93.8 Å². The van der Waals surface area contributed by atoms with Gasteiger partial charge in [-0.1, -0.05) is 19.9 Å². The molecular formula is C23H23N3O4. The number of ether oxygens (including phenoxy) is 1. The van der Waals surface area contributed by atoms with Gasteiger partial charge >= 0.3 is 0 Å². The van der Waals surface area contributed by atoms with Crippen LogP contribution in [0.5, 0.6) is 5.75 Å². The van der Waals surface area contributed by atoms with Gasteiger partial charge in [-0.2, -0.15) is 5.10 Å². The molecule has 2 aromatic carbocycles. The van der Waals surface area contributed by atoms with Gasteiger partial charge in [-0.25, -0.2) is 10.4 Å². The van der Waals surface area contributed by atoms with Crippen LogP contribution < -0.4 is 10.2 Å². The molecule has 1 aliphatic rings. The van der Waals surface area contributed by atoms with Gasteiger partial charge in [0.15, 0.2) is 11.4 Å². The predicted molar refractivity (Wildman–Crippen MR) is 113 cm³/mol. The molecule has 1 aliphatic heterocycles. The van der Waals surface area contributed by atoms with Crippen LogP contribution in [0.1, 0.15) is 38.7 Å². The van der Waals surface area contributed by atoms with Gasteiger partial charge in [0.2, 0.25) is 11.8 Å². The molecule has 154 valence electrons. The Morgan fingerprint density at radius 2 is 1.93 bits per heavy atom. The number of hydrogen-bond acceptors (Lipinski definition) is 6. The number of amides is 1. The maximum Gasteiger partial charge on any atom is 0.240 e. The molecule has 1 amide bonds. The van der Waals surface area contributed by atoms with Gasteiger partial charge in [0.1, 0.15) is 17.9 Å². The number of benzene rings is 2. The van der Waals surface area contributed by atoms with Crippen LogP contribution in [0, 0.1) is 5.92 Å². The molecule has 4 rings (SSSR count). The van der Waals surface area contributed by atoms with E-state index in [4.69, 9.17) is 9.15 Å². The molecule has 7 heteroatoms. The minimum Gasteiger partial charge on any atom is -0.486 e. The third-order valence-corrected chi connectivity index (χ3v) is 5.19. The summed E-state index contributed by atoms with van der Waals surface area (Å²) in [5.74, 6) is 1.22. The molecule has 1 N–H and O–H groups in total. The van der Waals surface area contributed by atoms with E-state index < -0.39 is 0 Å². The molecule has 1 atom stereocenters. The minimum absolute atomic E-state index is 0.0554. The molecule has 0 aliphatic carbocycles. The molecule has 2 heterocycles. The van der Waals surface area contributed by atoms with Crippen LogP contribution in [0.2, 0.25) is 0 Å². The molecule has 0 bridgehead atoms. The minimum atomic E-state index is -0.0554. The Morgan fingerprint density at radius 1 is 1.17 bits per heavy atom. The zero-order valence-corrected chi connectivity index (χ0v) is 17.0. The van der Waals surface area contributed by atoms with Crippen molar-refractivity contribution in [1.82, 2.24) is 10.4 Å². The number of Topliss-reactive ketones (excluding diaryl/α,β-unsaturated/α-hetero) is 1. The normalized spacial score (nSPS) is 16.3. The maximum absolute atomic E-state index is 11.6. The number of carbonyl (C=O) groups excluding carboxylic acids is 2. The van der Waals surface area contributed by atoms with E-state index in [0.29, 0.717) is 30.1 Å². The summed E-state index contributed by atoms with van der Waals surface area (Å²) in [5.41, 5.74) is 6.57. The van der Waals surface area contributed by atoms with Crippen molar-refractivity contribution in [3.8, 4) is 17.2 Å². The Kier molecular flexibility index (Phi) is 5.61. The third kappa shape index (κ3) is 4.10. The van der Waals surface area contributed by atoms with Crippen LogP contribution in [0.25, 0.3) is 22.6 Å². The highest BCUT2D eigenvalue weighted by atomic mass is 16.5. The Bertz CT molecular complexity index is 1120.